The molecule has 0 aliphatic heterocycles. The molecule has 1 heterocycles. The SMILES string of the molecule is N#Cc1cccc(C#Cc2csc(F)n2)c1. The second-order valence-electron chi connectivity index (χ2n) is 2.93. The van der Waals surface area contributed by atoms with E-state index in [0.717, 1.165) is 11.3 Å². The van der Waals surface area contributed by atoms with Gasteiger partial charge in [-0.15, -0.1) is 0 Å². The van der Waals surface area contributed by atoms with E-state index in [1.54, 1.807) is 29.6 Å². The Morgan fingerprint density at radius 2 is 2.06 bits per heavy atom. The number of rotatable bonds is 0. The van der Waals surface area contributed by atoms with Gasteiger partial charge in [0.2, 0.25) is 0 Å². The molecule has 0 aliphatic carbocycles. The molecule has 0 fully saturated rings. The molecule has 0 atom stereocenters. The lowest BCUT2D eigenvalue weighted by molar-refractivity contribution is 0.616. The monoisotopic (exact) mass is 228 g/mol. The van der Waals surface area contributed by atoms with E-state index in [4.69, 9.17) is 5.26 Å². The van der Waals surface area contributed by atoms with Gasteiger partial charge in [-0.3, -0.25) is 0 Å². The van der Waals surface area contributed by atoms with Gasteiger partial charge in [0.05, 0.1) is 11.6 Å². The molecule has 0 amide bonds. The zero-order valence-electron chi connectivity index (χ0n) is 8.07. The van der Waals surface area contributed by atoms with E-state index in [9.17, 15) is 4.39 Å². The lowest BCUT2D eigenvalue weighted by Crippen LogP contribution is -1.79. The van der Waals surface area contributed by atoms with Gasteiger partial charge >= 0.3 is 0 Å². The summed E-state index contributed by atoms with van der Waals surface area (Å²) in [5.74, 6) is 5.56. The van der Waals surface area contributed by atoms with Crippen LogP contribution >= 0.6 is 11.3 Å². The summed E-state index contributed by atoms with van der Waals surface area (Å²) in [5, 5.41) is 9.75. The van der Waals surface area contributed by atoms with Gasteiger partial charge in [-0.05, 0) is 24.1 Å². The van der Waals surface area contributed by atoms with Gasteiger partial charge < -0.3 is 0 Å². The van der Waals surface area contributed by atoms with Crippen LogP contribution in [0, 0.1) is 28.4 Å². The van der Waals surface area contributed by atoms with E-state index in [1.807, 2.05) is 6.07 Å². The third-order valence-electron chi connectivity index (χ3n) is 1.80. The Hall–Kier alpha value is -2.17. The Labute approximate surface area is 96.0 Å². The van der Waals surface area contributed by atoms with Crippen molar-refractivity contribution in [3.05, 3.63) is 51.7 Å². The quantitative estimate of drug-likeness (QED) is 0.650. The molecule has 0 bridgehead atoms. The molecule has 1 aromatic carbocycles. The summed E-state index contributed by atoms with van der Waals surface area (Å²) in [5.41, 5.74) is 1.67. The number of hydrogen-bond acceptors (Lipinski definition) is 3. The highest BCUT2D eigenvalue weighted by atomic mass is 32.1. The van der Waals surface area contributed by atoms with Gasteiger partial charge in [0, 0.05) is 10.9 Å². The van der Waals surface area contributed by atoms with Crippen LogP contribution in [0.25, 0.3) is 0 Å². The van der Waals surface area contributed by atoms with E-state index in [0.29, 0.717) is 16.8 Å². The molecule has 0 spiro atoms. The number of thiazole rings is 1. The maximum absolute atomic E-state index is 12.6. The number of benzene rings is 1. The van der Waals surface area contributed by atoms with E-state index < -0.39 is 5.26 Å². The van der Waals surface area contributed by atoms with Gasteiger partial charge in [-0.25, -0.2) is 4.98 Å². The first-order chi connectivity index (χ1) is 7.78. The van der Waals surface area contributed by atoms with Crippen LogP contribution in [0.4, 0.5) is 4.39 Å². The van der Waals surface area contributed by atoms with Crippen molar-refractivity contribution in [2.75, 3.05) is 0 Å². The second-order valence-corrected chi connectivity index (χ2v) is 3.74. The number of halogens is 1. The summed E-state index contributed by atoms with van der Waals surface area (Å²) in [4.78, 5) is 3.58. The van der Waals surface area contributed by atoms with Crippen molar-refractivity contribution in [1.29, 1.82) is 5.26 Å². The zero-order valence-corrected chi connectivity index (χ0v) is 8.88. The van der Waals surface area contributed by atoms with Crippen molar-refractivity contribution in [2.45, 2.75) is 0 Å². The number of nitrogens with zero attached hydrogens (tertiary/aromatic N) is 2. The van der Waals surface area contributed by atoms with Crippen LogP contribution in [-0.2, 0) is 0 Å². The molecule has 0 N–H and O–H groups in total. The van der Waals surface area contributed by atoms with Crippen LogP contribution in [-0.4, -0.2) is 4.98 Å². The van der Waals surface area contributed by atoms with Crippen molar-refractivity contribution in [1.82, 2.24) is 4.98 Å². The average Bonchev–Trinajstić information content (AvgIpc) is 2.73. The average molecular weight is 228 g/mol. The standard InChI is InChI=1S/C12H5FN2S/c13-12-15-11(8-16-12)5-4-9-2-1-3-10(6-9)7-14/h1-3,6,8H. The summed E-state index contributed by atoms with van der Waals surface area (Å²) in [6.07, 6.45) is 0. The second kappa shape index (κ2) is 4.57. The van der Waals surface area contributed by atoms with Crippen molar-refractivity contribution in [3.63, 3.8) is 0 Å². The summed E-state index contributed by atoms with van der Waals surface area (Å²) in [7, 11) is 0. The summed E-state index contributed by atoms with van der Waals surface area (Å²) >= 11 is 0.915. The molecule has 0 radical (unpaired) electrons. The van der Waals surface area contributed by atoms with Crippen molar-refractivity contribution in [3.8, 4) is 17.9 Å². The largest absolute Gasteiger partial charge is 0.270 e. The highest BCUT2D eigenvalue weighted by Crippen LogP contribution is 2.07. The Balaban J connectivity index is 2.27. The third kappa shape index (κ3) is 2.44. The van der Waals surface area contributed by atoms with Crippen LogP contribution in [0.5, 0.6) is 0 Å². The van der Waals surface area contributed by atoms with Gasteiger partial charge in [0.25, 0.3) is 5.26 Å². The molecule has 0 saturated heterocycles. The van der Waals surface area contributed by atoms with E-state index in [1.165, 1.54) is 0 Å². The Kier molecular flexibility index (Phi) is 2.95. The fraction of sp³-hybridized carbons (Fsp3) is 0. The number of nitriles is 1. The first-order valence-electron chi connectivity index (χ1n) is 4.41. The first kappa shape index (κ1) is 10.4. The van der Waals surface area contributed by atoms with Crippen molar-refractivity contribution < 1.29 is 4.39 Å². The van der Waals surface area contributed by atoms with Gasteiger partial charge in [-0.2, -0.15) is 9.65 Å². The molecular formula is C12H5FN2S. The maximum atomic E-state index is 12.6. The summed E-state index contributed by atoms with van der Waals surface area (Å²) < 4.78 is 12.6. The molecule has 2 nitrogen and oxygen atoms in total. The molecule has 2 rings (SSSR count). The van der Waals surface area contributed by atoms with Crippen LogP contribution < -0.4 is 0 Å². The van der Waals surface area contributed by atoms with Crippen LogP contribution in [0.15, 0.2) is 29.6 Å². The van der Waals surface area contributed by atoms with Crippen LogP contribution in [0.3, 0.4) is 0 Å². The smallest absolute Gasteiger partial charge is 0.201 e. The predicted octanol–water partition coefficient (Wildman–Crippen LogP) is 2.55. The van der Waals surface area contributed by atoms with Gasteiger partial charge in [0.1, 0.15) is 5.69 Å². The molecule has 16 heavy (non-hydrogen) atoms. The Morgan fingerprint density at radius 3 is 2.75 bits per heavy atom. The Morgan fingerprint density at radius 1 is 1.25 bits per heavy atom. The van der Waals surface area contributed by atoms with Gasteiger partial charge in [-0.1, -0.05) is 23.3 Å². The number of hydrogen-bond donors (Lipinski definition) is 0. The summed E-state index contributed by atoms with van der Waals surface area (Å²) in [6, 6.07) is 8.95. The third-order valence-corrected chi connectivity index (χ3v) is 2.43. The fourth-order valence-electron chi connectivity index (χ4n) is 1.11. The first-order valence-corrected chi connectivity index (χ1v) is 5.29. The van der Waals surface area contributed by atoms with Crippen LogP contribution in [0.2, 0.25) is 0 Å². The van der Waals surface area contributed by atoms with E-state index >= 15 is 0 Å². The lowest BCUT2D eigenvalue weighted by Gasteiger charge is -1.89. The van der Waals surface area contributed by atoms with Gasteiger partial charge in [0.15, 0.2) is 0 Å². The minimum absolute atomic E-state index is 0.407. The molecule has 4 heteroatoms. The molecule has 0 unspecified atom stereocenters. The summed E-state index contributed by atoms with van der Waals surface area (Å²) in [6.45, 7) is 0. The minimum Gasteiger partial charge on any atom is -0.201 e. The maximum Gasteiger partial charge on any atom is 0.270 e. The zero-order chi connectivity index (χ0) is 11.4. The molecule has 2 aromatic rings. The van der Waals surface area contributed by atoms with Crippen molar-refractivity contribution >= 4 is 11.3 Å². The van der Waals surface area contributed by atoms with E-state index in [2.05, 4.69) is 16.8 Å². The molecular weight excluding hydrogens is 223 g/mol. The fourth-order valence-corrected chi connectivity index (χ4v) is 1.58. The highest BCUT2D eigenvalue weighted by Gasteiger charge is 1.96. The van der Waals surface area contributed by atoms with Crippen LogP contribution in [0.1, 0.15) is 16.8 Å². The lowest BCUT2D eigenvalue weighted by atomic mass is 10.1. The Bertz CT molecular complexity index is 614. The minimum atomic E-state index is -0.491. The molecule has 0 saturated carbocycles. The normalized spacial score (nSPS) is 9.00. The number of aromatic nitrogens is 1. The predicted molar refractivity (Wildman–Crippen MR) is 59.2 cm³/mol. The van der Waals surface area contributed by atoms with Crippen molar-refractivity contribution in [2.24, 2.45) is 0 Å². The topological polar surface area (TPSA) is 36.7 Å². The molecule has 0 aliphatic rings. The highest BCUT2D eigenvalue weighted by molar-refractivity contribution is 7.08. The molecule has 76 valence electrons. The van der Waals surface area contributed by atoms with E-state index in [-0.39, 0.29) is 0 Å². The molecule has 1 aromatic heterocycles.